The van der Waals surface area contributed by atoms with Crippen LogP contribution in [0, 0.1) is 18.3 Å². The first-order valence-electron chi connectivity index (χ1n) is 8.08. The lowest BCUT2D eigenvalue weighted by molar-refractivity contribution is -0.130. The molecular weight excluding hydrogens is 336 g/mol. The van der Waals surface area contributed by atoms with Crippen molar-refractivity contribution < 1.29 is 9.59 Å². The van der Waals surface area contributed by atoms with Crippen LogP contribution in [0.1, 0.15) is 28.9 Å². The number of likely N-dealkylation sites (tertiary alicyclic amines) is 1. The van der Waals surface area contributed by atoms with Crippen LogP contribution in [0.15, 0.2) is 29.6 Å². The first-order chi connectivity index (χ1) is 12.1. The molecule has 25 heavy (non-hydrogen) atoms. The molecule has 6 nitrogen and oxygen atoms in total. The number of thiazole rings is 1. The number of rotatable bonds is 4. The number of benzene rings is 1. The van der Waals surface area contributed by atoms with Gasteiger partial charge in [-0.05, 0) is 19.8 Å². The maximum Gasteiger partial charge on any atom is 0.271 e. The van der Waals surface area contributed by atoms with Crippen molar-refractivity contribution in [2.45, 2.75) is 25.8 Å². The molecule has 1 aliphatic heterocycles. The van der Waals surface area contributed by atoms with Crippen LogP contribution in [0.2, 0.25) is 0 Å². The number of hydrogen-bond donors (Lipinski definition) is 1. The Bertz CT molecular complexity index is 822. The van der Waals surface area contributed by atoms with Gasteiger partial charge in [0.05, 0.1) is 12.6 Å². The summed E-state index contributed by atoms with van der Waals surface area (Å²) in [5, 5.41) is 14.1. The van der Waals surface area contributed by atoms with Crippen molar-refractivity contribution in [1.29, 1.82) is 5.26 Å². The molecule has 1 aliphatic rings. The minimum Gasteiger partial charge on any atom is -0.342 e. The van der Waals surface area contributed by atoms with Crippen molar-refractivity contribution in [3.8, 4) is 16.6 Å². The zero-order valence-electron chi connectivity index (χ0n) is 13.9. The standard InChI is InChI=1S/C18H18N4O2S/c1-12-4-6-13(7-5-12)18-21-15(11-25-18)17(24)20-10-16(23)22-8-2-3-14(22)9-19/h4-7,11,14H,2-3,8,10H2,1H3,(H,20,24)/t14-/m0/s1. The third kappa shape index (κ3) is 3.86. The molecule has 0 radical (unpaired) electrons. The normalized spacial score (nSPS) is 16.5. The zero-order valence-corrected chi connectivity index (χ0v) is 14.7. The van der Waals surface area contributed by atoms with Crippen LogP contribution in [0.4, 0.5) is 0 Å². The Hall–Kier alpha value is -2.72. The van der Waals surface area contributed by atoms with E-state index in [0.717, 1.165) is 22.6 Å². The van der Waals surface area contributed by atoms with E-state index in [1.807, 2.05) is 31.2 Å². The van der Waals surface area contributed by atoms with Gasteiger partial charge in [-0.15, -0.1) is 11.3 Å². The summed E-state index contributed by atoms with van der Waals surface area (Å²) in [5.41, 5.74) is 2.42. The van der Waals surface area contributed by atoms with Crippen molar-refractivity contribution in [2.75, 3.05) is 13.1 Å². The highest BCUT2D eigenvalue weighted by atomic mass is 32.1. The average molecular weight is 354 g/mol. The molecule has 7 heteroatoms. The van der Waals surface area contributed by atoms with Gasteiger partial charge in [-0.2, -0.15) is 5.26 Å². The van der Waals surface area contributed by atoms with E-state index >= 15 is 0 Å². The fraction of sp³-hybridized carbons (Fsp3) is 0.333. The third-order valence-corrected chi connectivity index (χ3v) is 5.05. The van der Waals surface area contributed by atoms with Crippen LogP contribution in [-0.4, -0.2) is 40.8 Å². The van der Waals surface area contributed by atoms with E-state index in [0.29, 0.717) is 18.7 Å². The van der Waals surface area contributed by atoms with Crippen LogP contribution in [0.5, 0.6) is 0 Å². The molecule has 1 N–H and O–H groups in total. The van der Waals surface area contributed by atoms with E-state index in [-0.39, 0.29) is 24.4 Å². The van der Waals surface area contributed by atoms with E-state index in [2.05, 4.69) is 16.4 Å². The SMILES string of the molecule is Cc1ccc(-c2nc(C(=O)NCC(=O)N3CCC[C@H]3C#N)cs2)cc1. The summed E-state index contributed by atoms with van der Waals surface area (Å²) in [6.07, 6.45) is 1.52. The summed E-state index contributed by atoms with van der Waals surface area (Å²) in [5.74, 6) is -0.609. The van der Waals surface area contributed by atoms with Gasteiger partial charge >= 0.3 is 0 Å². The monoisotopic (exact) mass is 354 g/mol. The molecule has 0 aliphatic carbocycles. The van der Waals surface area contributed by atoms with Gasteiger partial charge in [0.2, 0.25) is 5.91 Å². The zero-order chi connectivity index (χ0) is 17.8. The van der Waals surface area contributed by atoms with Gasteiger partial charge in [0.1, 0.15) is 16.7 Å². The third-order valence-electron chi connectivity index (χ3n) is 4.16. The molecule has 0 unspecified atom stereocenters. The van der Waals surface area contributed by atoms with Crippen LogP contribution in [0.3, 0.4) is 0 Å². The van der Waals surface area contributed by atoms with Gasteiger partial charge in [-0.25, -0.2) is 4.98 Å². The van der Waals surface area contributed by atoms with E-state index in [9.17, 15) is 9.59 Å². The number of amides is 2. The summed E-state index contributed by atoms with van der Waals surface area (Å²) in [4.78, 5) is 30.2. The fourth-order valence-electron chi connectivity index (χ4n) is 2.75. The number of carbonyl (C=O) groups is 2. The quantitative estimate of drug-likeness (QED) is 0.913. The first kappa shape index (κ1) is 17.1. The van der Waals surface area contributed by atoms with Crippen LogP contribution in [0.25, 0.3) is 10.6 Å². The molecule has 3 rings (SSSR count). The number of carbonyl (C=O) groups excluding carboxylic acids is 2. The minimum atomic E-state index is -0.379. The highest BCUT2D eigenvalue weighted by molar-refractivity contribution is 7.13. The second-order valence-electron chi connectivity index (χ2n) is 5.96. The lowest BCUT2D eigenvalue weighted by atomic mass is 10.2. The van der Waals surface area contributed by atoms with Crippen molar-refractivity contribution >= 4 is 23.2 Å². The van der Waals surface area contributed by atoms with E-state index in [1.165, 1.54) is 16.2 Å². The second-order valence-corrected chi connectivity index (χ2v) is 6.82. The summed E-state index contributed by atoms with van der Waals surface area (Å²) in [6.45, 7) is 2.47. The summed E-state index contributed by atoms with van der Waals surface area (Å²) >= 11 is 1.39. The van der Waals surface area contributed by atoms with Crippen LogP contribution < -0.4 is 5.32 Å². The molecule has 1 fully saturated rings. The molecule has 0 bridgehead atoms. The van der Waals surface area contributed by atoms with Crippen molar-refractivity contribution in [2.24, 2.45) is 0 Å². The topological polar surface area (TPSA) is 86.1 Å². The number of hydrogen-bond acceptors (Lipinski definition) is 5. The maximum absolute atomic E-state index is 12.2. The molecule has 1 aromatic heterocycles. The summed E-state index contributed by atoms with van der Waals surface area (Å²) in [7, 11) is 0. The molecule has 1 aromatic carbocycles. The van der Waals surface area contributed by atoms with Crippen molar-refractivity contribution in [1.82, 2.24) is 15.2 Å². The Morgan fingerprint density at radius 2 is 2.16 bits per heavy atom. The van der Waals surface area contributed by atoms with Gasteiger partial charge in [0.15, 0.2) is 0 Å². The Kier molecular flexibility index (Phi) is 5.10. The van der Waals surface area contributed by atoms with E-state index < -0.39 is 0 Å². The van der Waals surface area contributed by atoms with Gasteiger partial charge < -0.3 is 10.2 Å². The average Bonchev–Trinajstić information content (AvgIpc) is 3.29. The number of nitrogens with one attached hydrogen (secondary N) is 1. The second kappa shape index (κ2) is 7.45. The fourth-order valence-corrected chi connectivity index (χ4v) is 3.56. The molecule has 1 atom stereocenters. The molecular formula is C18H18N4O2S. The predicted octanol–water partition coefficient (Wildman–Crippen LogP) is 2.36. The largest absolute Gasteiger partial charge is 0.342 e. The molecule has 2 heterocycles. The van der Waals surface area contributed by atoms with E-state index in [1.54, 1.807) is 5.38 Å². The lowest BCUT2D eigenvalue weighted by Gasteiger charge is -2.19. The Balaban J connectivity index is 1.60. The van der Waals surface area contributed by atoms with Crippen molar-refractivity contribution in [3.63, 3.8) is 0 Å². The molecule has 1 saturated heterocycles. The summed E-state index contributed by atoms with van der Waals surface area (Å²) in [6, 6.07) is 9.67. The van der Waals surface area contributed by atoms with Gasteiger partial charge in [-0.1, -0.05) is 29.8 Å². The highest BCUT2D eigenvalue weighted by Gasteiger charge is 2.28. The Morgan fingerprint density at radius 3 is 2.88 bits per heavy atom. The molecule has 2 amide bonds. The Labute approximate surface area is 150 Å². The number of aryl methyl sites for hydroxylation is 1. The smallest absolute Gasteiger partial charge is 0.271 e. The van der Waals surface area contributed by atoms with Crippen molar-refractivity contribution in [3.05, 3.63) is 40.9 Å². The number of nitriles is 1. The lowest BCUT2D eigenvalue weighted by Crippen LogP contribution is -2.42. The van der Waals surface area contributed by atoms with Gasteiger partial charge in [0, 0.05) is 17.5 Å². The van der Waals surface area contributed by atoms with E-state index in [4.69, 9.17) is 5.26 Å². The van der Waals surface area contributed by atoms with Crippen LogP contribution >= 0.6 is 11.3 Å². The molecule has 2 aromatic rings. The number of aromatic nitrogens is 1. The van der Waals surface area contributed by atoms with Gasteiger partial charge in [0.25, 0.3) is 5.91 Å². The van der Waals surface area contributed by atoms with Gasteiger partial charge in [-0.3, -0.25) is 9.59 Å². The maximum atomic E-state index is 12.2. The highest BCUT2D eigenvalue weighted by Crippen LogP contribution is 2.24. The van der Waals surface area contributed by atoms with Crippen LogP contribution in [-0.2, 0) is 4.79 Å². The molecule has 0 spiro atoms. The summed E-state index contributed by atoms with van der Waals surface area (Å²) < 4.78 is 0. The Morgan fingerprint density at radius 1 is 1.40 bits per heavy atom. The first-order valence-corrected chi connectivity index (χ1v) is 8.96. The minimum absolute atomic E-state index is 0.117. The predicted molar refractivity (Wildman–Crippen MR) is 95.0 cm³/mol. The number of nitrogens with zero attached hydrogens (tertiary/aromatic N) is 3. The molecule has 0 saturated carbocycles. The molecule has 128 valence electrons.